The molecule has 1 aliphatic heterocycles. The predicted molar refractivity (Wildman–Crippen MR) is 93.3 cm³/mol. The van der Waals surface area contributed by atoms with E-state index in [1.165, 1.54) is 0 Å². The first-order chi connectivity index (χ1) is 12.1. The Kier molecular flexibility index (Phi) is 5.35. The molecule has 0 radical (unpaired) electrons. The Hall–Kier alpha value is -2.38. The van der Waals surface area contributed by atoms with Crippen molar-refractivity contribution in [1.82, 2.24) is 20.4 Å². The summed E-state index contributed by atoms with van der Waals surface area (Å²) in [7, 11) is 3.46. The van der Waals surface area contributed by atoms with Crippen LogP contribution in [0.3, 0.4) is 0 Å². The molecule has 134 valence electrons. The molecule has 1 saturated heterocycles. The second-order valence-corrected chi connectivity index (χ2v) is 6.35. The van der Waals surface area contributed by atoms with Crippen molar-refractivity contribution in [2.24, 2.45) is 13.0 Å². The Balaban J connectivity index is 1.57. The molecule has 0 saturated carbocycles. The van der Waals surface area contributed by atoms with Crippen LogP contribution in [-0.2, 0) is 11.8 Å². The molecule has 3 N–H and O–H groups in total. The maximum absolute atomic E-state index is 12.6. The molecule has 0 aliphatic carbocycles. The molecule has 1 aromatic heterocycles. The molecule has 7 heteroatoms. The van der Waals surface area contributed by atoms with Crippen molar-refractivity contribution in [2.75, 3.05) is 26.7 Å². The van der Waals surface area contributed by atoms with Gasteiger partial charge in [-0.2, -0.15) is 5.10 Å². The maximum atomic E-state index is 12.6. The zero-order chi connectivity index (χ0) is 17.8. The number of amides is 1. The van der Waals surface area contributed by atoms with Crippen LogP contribution in [0.25, 0.3) is 0 Å². The average molecular weight is 344 g/mol. The number of carbonyl (C=O) groups excluding carboxylic acids is 1. The molecule has 7 nitrogen and oxygen atoms in total. The summed E-state index contributed by atoms with van der Waals surface area (Å²) in [6, 6.07) is 7.18. The summed E-state index contributed by atoms with van der Waals surface area (Å²) in [6.45, 7) is 1.57. The molecular formula is C18H24N4O3. The first kappa shape index (κ1) is 17.4. The van der Waals surface area contributed by atoms with Gasteiger partial charge in [-0.1, -0.05) is 12.1 Å². The van der Waals surface area contributed by atoms with Gasteiger partial charge in [0.2, 0.25) is 5.91 Å². The number of carbonyl (C=O) groups is 1. The van der Waals surface area contributed by atoms with E-state index in [4.69, 9.17) is 4.74 Å². The number of aryl methyl sites for hydroxylation is 1. The van der Waals surface area contributed by atoms with Crippen molar-refractivity contribution < 1.29 is 14.6 Å². The summed E-state index contributed by atoms with van der Waals surface area (Å²) >= 11 is 0. The lowest BCUT2D eigenvalue weighted by Crippen LogP contribution is -2.36. The number of hydrogen-bond acceptors (Lipinski definition) is 5. The van der Waals surface area contributed by atoms with E-state index >= 15 is 0 Å². The monoisotopic (exact) mass is 344 g/mol. The van der Waals surface area contributed by atoms with Gasteiger partial charge in [-0.25, -0.2) is 0 Å². The largest absolute Gasteiger partial charge is 0.497 e. The number of hydrogen-bond donors (Lipinski definition) is 3. The lowest BCUT2D eigenvalue weighted by molar-refractivity contribution is -0.125. The normalized spacial score (nSPS) is 21.1. The van der Waals surface area contributed by atoms with Crippen molar-refractivity contribution in [3.63, 3.8) is 0 Å². The molecule has 0 bridgehead atoms. The molecule has 1 aromatic carbocycles. The van der Waals surface area contributed by atoms with E-state index in [1.54, 1.807) is 36.1 Å². The van der Waals surface area contributed by atoms with Crippen LogP contribution in [0.2, 0.25) is 0 Å². The molecular weight excluding hydrogens is 320 g/mol. The third kappa shape index (κ3) is 4.00. The minimum atomic E-state index is -0.749. The van der Waals surface area contributed by atoms with Crippen molar-refractivity contribution in [1.29, 1.82) is 0 Å². The highest BCUT2D eigenvalue weighted by Gasteiger charge is 2.34. The van der Waals surface area contributed by atoms with E-state index in [9.17, 15) is 9.90 Å². The van der Waals surface area contributed by atoms with E-state index in [1.807, 2.05) is 19.4 Å². The molecule has 2 aromatic rings. The van der Waals surface area contributed by atoms with Gasteiger partial charge in [-0.3, -0.25) is 9.48 Å². The summed E-state index contributed by atoms with van der Waals surface area (Å²) in [5, 5.41) is 20.6. The molecule has 3 rings (SSSR count). The smallest absolute Gasteiger partial charge is 0.225 e. The van der Waals surface area contributed by atoms with Gasteiger partial charge < -0.3 is 20.5 Å². The Morgan fingerprint density at radius 2 is 2.20 bits per heavy atom. The standard InChI is InChI=1S/C18H24N4O3/c1-22-11-13(7-21-22)15-8-19-9-16(15)18(24)20-10-17(23)12-3-5-14(25-2)6-4-12/h3-7,11,15-17,19,23H,8-10H2,1-2H3,(H,20,24)/t15-,16+,17?/m1/s1. The van der Waals surface area contributed by atoms with Crippen molar-refractivity contribution in [3.05, 3.63) is 47.8 Å². The Labute approximate surface area is 147 Å². The molecule has 1 aliphatic rings. The third-order valence-electron chi connectivity index (χ3n) is 4.67. The van der Waals surface area contributed by atoms with E-state index in [-0.39, 0.29) is 24.3 Å². The zero-order valence-corrected chi connectivity index (χ0v) is 14.5. The summed E-state index contributed by atoms with van der Waals surface area (Å²) in [4.78, 5) is 12.6. The topological polar surface area (TPSA) is 88.4 Å². The summed E-state index contributed by atoms with van der Waals surface area (Å²) in [5.74, 6) is 0.627. The van der Waals surface area contributed by atoms with Crippen LogP contribution in [0.4, 0.5) is 0 Å². The molecule has 1 unspecified atom stereocenters. The number of nitrogens with zero attached hydrogens (tertiary/aromatic N) is 2. The highest BCUT2D eigenvalue weighted by atomic mass is 16.5. The summed E-state index contributed by atoms with van der Waals surface area (Å²) in [5.41, 5.74) is 1.80. The van der Waals surface area contributed by atoms with Crippen molar-refractivity contribution >= 4 is 5.91 Å². The van der Waals surface area contributed by atoms with Gasteiger partial charge in [-0.15, -0.1) is 0 Å². The average Bonchev–Trinajstić information content (AvgIpc) is 3.28. The zero-order valence-electron chi connectivity index (χ0n) is 14.5. The lowest BCUT2D eigenvalue weighted by Gasteiger charge is -2.19. The van der Waals surface area contributed by atoms with E-state index in [2.05, 4.69) is 15.7 Å². The van der Waals surface area contributed by atoms with Crippen molar-refractivity contribution in [2.45, 2.75) is 12.0 Å². The number of aromatic nitrogens is 2. The number of rotatable bonds is 6. The van der Waals surface area contributed by atoms with Crippen LogP contribution >= 0.6 is 0 Å². The van der Waals surface area contributed by atoms with Crippen LogP contribution in [0.1, 0.15) is 23.1 Å². The number of aliphatic hydroxyl groups excluding tert-OH is 1. The fourth-order valence-electron chi connectivity index (χ4n) is 3.21. The first-order valence-electron chi connectivity index (χ1n) is 8.37. The predicted octanol–water partition coefficient (Wildman–Crippen LogP) is 0.582. The van der Waals surface area contributed by atoms with Crippen LogP contribution in [0.5, 0.6) is 5.75 Å². The lowest BCUT2D eigenvalue weighted by atomic mass is 9.90. The highest BCUT2D eigenvalue weighted by molar-refractivity contribution is 5.80. The molecule has 25 heavy (non-hydrogen) atoms. The number of ether oxygens (including phenoxy) is 1. The van der Waals surface area contributed by atoms with Gasteiger partial charge in [0.25, 0.3) is 0 Å². The Bertz CT molecular complexity index is 713. The van der Waals surface area contributed by atoms with Crippen LogP contribution in [0, 0.1) is 5.92 Å². The fourth-order valence-corrected chi connectivity index (χ4v) is 3.21. The van der Waals surface area contributed by atoms with E-state index in [0.29, 0.717) is 6.54 Å². The first-order valence-corrected chi connectivity index (χ1v) is 8.37. The molecule has 1 amide bonds. The highest BCUT2D eigenvalue weighted by Crippen LogP contribution is 2.28. The SMILES string of the molecule is COc1ccc(C(O)CNC(=O)[C@H]2CNC[C@@H]2c2cnn(C)c2)cc1. The van der Waals surface area contributed by atoms with Crippen LogP contribution in [-0.4, -0.2) is 47.5 Å². The fraction of sp³-hybridized carbons (Fsp3) is 0.444. The van der Waals surface area contributed by atoms with Crippen LogP contribution < -0.4 is 15.4 Å². The third-order valence-corrected chi connectivity index (χ3v) is 4.67. The molecule has 2 heterocycles. The van der Waals surface area contributed by atoms with Crippen LogP contribution in [0.15, 0.2) is 36.7 Å². The van der Waals surface area contributed by atoms with E-state index < -0.39 is 6.10 Å². The molecule has 3 atom stereocenters. The minimum Gasteiger partial charge on any atom is -0.497 e. The van der Waals surface area contributed by atoms with E-state index in [0.717, 1.165) is 23.4 Å². The quantitative estimate of drug-likeness (QED) is 0.713. The number of methoxy groups -OCH3 is 1. The maximum Gasteiger partial charge on any atom is 0.225 e. The number of nitrogens with one attached hydrogen (secondary N) is 2. The molecule has 1 fully saturated rings. The van der Waals surface area contributed by atoms with Gasteiger partial charge in [0.1, 0.15) is 5.75 Å². The van der Waals surface area contributed by atoms with Crippen molar-refractivity contribution in [3.8, 4) is 5.75 Å². The Morgan fingerprint density at radius 1 is 1.44 bits per heavy atom. The van der Waals surface area contributed by atoms with Gasteiger partial charge in [0.05, 0.1) is 25.3 Å². The minimum absolute atomic E-state index is 0.0496. The summed E-state index contributed by atoms with van der Waals surface area (Å²) < 4.78 is 6.85. The van der Waals surface area contributed by atoms with Gasteiger partial charge in [0, 0.05) is 38.8 Å². The summed E-state index contributed by atoms with van der Waals surface area (Å²) in [6.07, 6.45) is 3.01. The second-order valence-electron chi connectivity index (χ2n) is 6.35. The van der Waals surface area contributed by atoms with Gasteiger partial charge >= 0.3 is 0 Å². The second kappa shape index (κ2) is 7.67. The number of benzene rings is 1. The van der Waals surface area contributed by atoms with Gasteiger partial charge in [-0.05, 0) is 23.3 Å². The molecule has 0 spiro atoms. The van der Waals surface area contributed by atoms with Gasteiger partial charge in [0.15, 0.2) is 0 Å². The Morgan fingerprint density at radius 3 is 2.84 bits per heavy atom. The number of aliphatic hydroxyl groups is 1.